The Morgan fingerprint density at radius 2 is 2.12 bits per heavy atom. The molecule has 0 spiro atoms. The van der Waals surface area contributed by atoms with Crippen LogP contribution in [0.4, 0.5) is 0 Å². The molecule has 0 amide bonds. The van der Waals surface area contributed by atoms with E-state index >= 15 is 0 Å². The van der Waals surface area contributed by atoms with Crippen molar-refractivity contribution in [1.82, 2.24) is 19.9 Å². The average molecular weight is 352 g/mol. The van der Waals surface area contributed by atoms with Crippen molar-refractivity contribution in [3.8, 4) is 10.6 Å². The van der Waals surface area contributed by atoms with Gasteiger partial charge in [-0.2, -0.15) is 0 Å². The number of likely N-dealkylation sites (tertiary alicyclic amines) is 1. The van der Waals surface area contributed by atoms with Gasteiger partial charge in [-0.3, -0.25) is 19.7 Å². The predicted molar refractivity (Wildman–Crippen MR) is 99.6 cm³/mol. The number of aromatic nitrogens is 3. The van der Waals surface area contributed by atoms with Gasteiger partial charge in [0, 0.05) is 23.5 Å². The summed E-state index contributed by atoms with van der Waals surface area (Å²) in [5.74, 6) is 0.229. The fraction of sp³-hybridized carbons (Fsp3) is 0.368. The minimum absolute atomic E-state index is 0.0310. The van der Waals surface area contributed by atoms with Gasteiger partial charge >= 0.3 is 0 Å². The Kier molecular flexibility index (Phi) is 4.55. The van der Waals surface area contributed by atoms with Crippen molar-refractivity contribution in [3.63, 3.8) is 0 Å². The SMILES string of the molecule is CC(C(=O)Cc1cc2nc(-c3cncs3)ccc2cn1)N1CCCC1. The van der Waals surface area contributed by atoms with Gasteiger partial charge in [0.25, 0.3) is 0 Å². The third-order valence-corrected chi connectivity index (χ3v) is 5.62. The Morgan fingerprint density at radius 3 is 2.88 bits per heavy atom. The fourth-order valence-corrected chi connectivity index (χ4v) is 3.88. The molecule has 0 radical (unpaired) electrons. The summed E-state index contributed by atoms with van der Waals surface area (Å²) in [6.07, 6.45) is 6.37. The number of thiazole rings is 1. The predicted octanol–water partition coefficient (Wildman–Crippen LogP) is 3.35. The van der Waals surface area contributed by atoms with Crippen LogP contribution >= 0.6 is 11.3 Å². The van der Waals surface area contributed by atoms with Gasteiger partial charge in [-0.15, -0.1) is 11.3 Å². The monoisotopic (exact) mass is 352 g/mol. The molecule has 0 aromatic carbocycles. The third-order valence-electron chi connectivity index (χ3n) is 4.82. The molecule has 1 aliphatic heterocycles. The van der Waals surface area contributed by atoms with E-state index in [4.69, 9.17) is 4.98 Å². The second-order valence-electron chi connectivity index (χ2n) is 6.49. The zero-order valence-corrected chi connectivity index (χ0v) is 15.0. The third kappa shape index (κ3) is 3.45. The minimum atomic E-state index is -0.0310. The molecule has 1 saturated heterocycles. The molecule has 3 aromatic rings. The summed E-state index contributed by atoms with van der Waals surface area (Å²) < 4.78 is 0. The highest BCUT2D eigenvalue weighted by atomic mass is 32.1. The van der Waals surface area contributed by atoms with Gasteiger partial charge in [0.05, 0.1) is 34.1 Å². The Labute approximate surface area is 150 Å². The summed E-state index contributed by atoms with van der Waals surface area (Å²) in [5.41, 5.74) is 4.37. The van der Waals surface area contributed by atoms with Crippen LogP contribution in [0.3, 0.4) is 0 Å². The number of carbonyl (C=O) groups excluding carboxylic acids is 1. The molecule has 0 saturated carbocycles. The Morgan fingerprint density at radius 1 is 1.28 bits per heavy atom. The molecule has 1 aliphatic rings. The van der Waals surface area contributed by atoms with Gasteiger partial charge in [-0.1, -0.05) is 0 Å². The Hall–Kier alpha value is -2.18. The second-order valence-corrected chi connectivity index (χ2v) is 7.38. The van der Waals surface area contributed by atoms with Crippen LogP contribution in [-0.2, 0) is 11.2 Å². The summed E-state index contributed by atoms with van der Waals surface area (Å²) in [6.45, 7) is 4.06. The van der Waals surface area contributed by atoms with Crippen molar-refractivity contribution in [3.05, 3.63) is 41.8 Å². The van der Waals surface area contributed by atoms with E-state index in [1.807, 2.05) is 37.5 Å². The van der Waals surface area contributed by atoms with Crippen LogP contribution in [0.15, 0.2) is 36.1 Å². The van der Waals surface area contributed by atoms with Gasteiger partial charge in [-0.25, -0.2) is 4.98 Å². The van der Waals surface area contributed by atoms with Crippen LogP contribution in [0.5, 0.6) is 0 Å². The molecule has 128 valence electrons. The van der Waals surface area contributed by atoms with Crippen LogP contribution in [0.1, 0.15) is 25.5 Å². The normalized spacial score (nSPS) is 16.4. The maximum absolute atomic E-state index is 12.6. The molecule has 6 heteroatoms. The van der Waals surface area contributed by atoms with Gasteiger partial charge in [0.15, 0.2) is 5.78 Å². The lowest BCUT2D eigenvalue weighted by Crippen LogP contribution is -2.37. The molecule has 5 nitrogen and oxygen atoms in total. The first-order valence-electron chi connectivity index (χ1n) is 8.62. The molecular weight excluding hydrogens is 332 g/mol. The number of nitrogens with zero attached hydrogens (tertiary/aromatic N) is 4. The lowest BCUT2D eigenvalue weighted by atomic mass is 10.1. The van der Waals surface area contributed by atoms with E-state index in [1.165, 1.54) is 12.8 Å². The van der Waals surface area contributed by atoms with E-state index in [-0.39, 0.29) is 11.8 Å². The standard InChI is InChI=1S/C19H20N4OS/c1-13(23-6-2-3-7-23)18(24)9-15-8-17-14(10-21-15)4-5-16(22-17)19-11-20-12-25-19/h4-5,8,10-13H,2-3,6-7,9H2,1H3. The highest BCUT2D eigenvalue weighted by molar-refractivity contribution is 7.13. The zero-order valence-electron chi connectivity index (χ0n) is 14.2. The van der Waals surface area contributed by atoms with E-state index < -0.39 is 0 Å². The molecule has 0 bridgehead atoms. The molecule has 1 fully saturated rings. The maximum Gasteiger partial charge on any atom is 0.155 e. The van der Waals surface area contributed by atoms with Crippen LogP contribution in [0.25, 0.3) is 21.5 Å². The van der Waals surface area contributed by atoms with Gasteiger partial charge in [-0.05, 0) is 51.1 Å². The molecule has 25 heavy (non-hydrogen) atoms. The van der Waals surface area contributed by atoms with E-state index in [0.717, 1.165) is 40.3 Å². The number of pyridine rings is 2. The van der Waals surface area contributed by atoms with Crippen LogP contribution < -0.4 is 0 Å². The zero-order chi connectivity index (χ0) is 17.2. The highest BCUT2D eigenvalue weighted by Gasteiger charge is 2.24. The number of hydrogen-bond donors (Lipinski definition) is 0. The van der Waals surface area contributed by atoms with Crippen LogP contribution in [0, 0.1) is 0 Å². The first kappa shape index (κ1) is 16.3. The molecule has 1 atom stereocenters. The summed E-state index contributed by atoms with van der Waals surface area (Å²) in [4.78, 5) is 29.2. The average Bonchev–Trinajstić information content (AvgIpc) is 3.34. The molecule has 0 aliphatic carbocycles. The van der Waals surface area contributed by atoms with E-state index in [0.29, 0.717) is 6.42 Å². The number of carbonyl (C=O) groups is 1. The summed E-state index contributed by atoms with van der Waals surface area (Å²) in [7, 11) is 0. The maximum atomic E-state index is 12.6. The number of hydrogen-bond acceptors (Lipinski definition) is 6. The molecular formula is C19H20N4OS. The van der Waals surface area contributed by atoms with Crippen molar-refractivity contribution >= 4 is 28.0 Å². The lowest BCUT2D eigenvalue weighted by Gasteiger charge is -2.22. The Balaban J connectivity index is 1.56. The van der Waals surface area contributed by atoms with E-state index in [9.17, 15) is 4.79 Å². The second kappa shape index (κ2) is 6.98. The molecule has 4 rings (SSSR count). The van der Waals surface area contributed by atoms with Crippen molar-refractivity contribution in [1.29, 1.82) is 0 Å². The number of Topliss-reactive ketones (excluding diaryl/α,β-unsaturated/α-hetero) is 1. The number of rotatable bonds is 5. The van der Waals surface area contributed by atoms with Crippen molar-refractivity contribution in [2.75, 3.05) is 13.1 Å². The van der Waals surface area contributed by atoms with Crippen molar-refractivity contribution < 1.29 is 4.79 Å². The largest absolute Gasteiger partial charge is 0.298 e. The van der Waals surface area contributed by atoms with Gasteiger partial charge in [0.1, 0.15) is 0 Å². The van der Waals surface area contributed by atoms with Gasteiger partial charge < -0.3 is 0 Å². The summed E-state index contributed by atoms with van der Waals surface area (Å²) in [6, 6.07) is 5.91. The molecule has 3 aromatic heterocycles. The minimum Gasteiger partial charge on any atom is -0.298 e. The smallest absolute Gasteiger partial charge is 0.155 e. The van der Waals surface area contributed by atoms with Crippen LogP contribution in [0.2, 0.25) is 0 Å². The summed E-state index contributed by atoms with van der Waals surface area (Å²) >= 11 is 1.57. The Bertz CT molecular complexity index is 888. The van der Waals surface area contributed by atoms with E-state index in [1.54, 1.807) is 16.8 Å². The molecule has 1 unspecified atom stereocenters. The lowest BCUT2D eigenvalue weighted by molar-refractivity contribution is -0.122. The highest BCUT2D eigenvalue weighted by Crippen LogP contribution is 2.24. The summed E-state index contributed by atoms with van der Waals surface area (Å²) in [5, 5.41) is 0.983. The van der Waals surface area contributed by atoms with Crippen molar-refractivity contribution in [2.45, 2.75) is 32.2 Å². The number of ketones is 1. The number of fused-ring (bicyclic) bond motifs is 1. The molecule has 0 N–H and O–H groups in total. The van der Waals surface area contributed by atoms with Crippen molar-refractivity contribution in [2.24, 2.45) is 0 Å². The van der Waals surface area contributed by atoms with Crippen LogP contribution in [-0.4, -0.2) is 44.8 Å². The topological polar surface area (TPSA) is 59.0 Å². The first-order valence-corrected chi connectivity index (χ1v) is 9.50. The fourth-order valence-electron chi connectivity index (χ4n) is 3.29. The van der Waals surface area contributed by atoms with E-state index in [2.05, 4.69) is 14.9 Å². The first-order chi connectivity index (χ1) is 12.2. The molecule has 4 heterocycles. The quantitative estimate of drug-likeness (QED) is 0.705. The van der Waals surface area contributed by atoms with Gasteiger partial charge in [0.2, 0.25) is 0 Å².